The molecule has 0 bridgehead atoms. The lowest BCUT2D eigenvalue weighted by atomic mass is 10.1. The predicted octanol–water partition coefficient (Wildman–Crippen LogP) is 1.79. The molecular weight excluding hydrogens is 290 g/mol. The highest BCUT2D eigenvalue weighted by molar-refractivity contribution is 7.89. The molecule has 1 aliphatic rings. The van der Waals surface area contributed by atoms with Crippen LogP contribution >= 0.6 is 11.6 Å². The van der Waals surface area contributed by atoms with Crippen molar-refractivity contribution in [2.24, 2.45) is 5.41 Å². The minimum absolute atomic E-state index is 0.0269. The van der Waals surface area contributed by atoms with E-state index in [9.17, 15) is 13.2 Å². The number of hydrogen-bond donors (Lipinski definition) is 2. The van der Waals surface area contributed by atoms with E-state index in [4.69, 9.17) is 16.7 Å². The lowest BCUT2D eigenvalue weighted by molar-refractivity contribution is -0.143. The normalized spacial score (nSPS) is 17.2. The number of carboxylic acid groups (broad SMARTS) is 1. The van der Waals surface area contributed by atoms with Gasteiger partial charge in [-0.15, -0.1) is 0 Å². The zero-order valence-corrected chi connectivity index (χ0v) is 11.9. The molecular formula is C12H14ClNO4S. The van der Waals surface area contributed by atoms with Gasteiger partial charge in [0.1, 0.15) is 4.90 Å². The van der Waals surface area contributed by atoms with Crippen molar-refractivity contribution in [3.63, 3.8) is 0 Å². The first-order chi connectivity index (χ1) is 8.77. The monoisotopic (exact) mass is 303 g/mol. The molecule has 0 amide bonds. The van der Waals surface area contributed by atoms with Gasteiger partial charge < -0.3 is 5.11 Å². The molecule has 2 rings (SSSR count). The van der Waals surface area contributed by atoms with Crippen molar-refractivity contribution in [1.82, 2.24) is 4.72 Å². The minimum Gasteiger partial charge on any atom is -0.481 e. The van der Waals surface area contributed by atoms with Crippen LogP contribution in [-0.4, -0.2) is 26.0 Å². The van der Waals surface area contributed by atoms with Crippen LogP contribution in [0.15, 0.2) is 23.1 Å². The number of aliphatic carboxylic acids is 1. The second-order valence-corrected chi connectivity index (χ2v) is 6.99. The van der Waals surface area contributed by atoms with Crippen molar-refractivity contribution in [3.8, 4) is 0 Å². The first-order valence-electron chi connectivity index (χ1n) is 5.76. The van der Waals surface area contributed by atoms with Crippen LogP contribution in [0.2, 0.25) is 5.02 Å². The fourth-order valence-electron chi connectivity index (χ4n) is 1.75. The number of sulfonamides is 1. The van der Waals surface area contributed by atoms with Crippen LogP contribution in [0, 0.1) is 12.3 Å². The van der Waals surface area contributed by atoms with Crippen molar-refractivity contribution < 1.29 is 18.3 Å². The van der Waals surface area contributed by atoms with Gasteiger partial charge in [0.2, 0.25) is 10.0 Å². The molecule has 0 radical (unpaired) electrons. The Labute approximate surface area is 116 Å². The number of carboxylic acids is 1. The largest absolute Gasteiger partial charge is 0.481 e. The molecule has 5 nitrogen and oxygen atoms in total. The maximum absolute atomic E-state index is 12.1. The third kappa shape index (κ3) is 2.91. The van der Waals surface area contributed by atoms with E-state index in [0.29, 0.717) is 12.8 Å². The number of halogens is 1. The van der Waals surface area contributed by atoms with E-state index >= 15 is 0 Å². The molecule has 0 saturated heterocycles. The Bertz CT molecular complexity index is 623. The van der Waals surface area contributed by atoms with Crippen molar-refractivity contribution >= 4 is 27.6 Å². The van der Waals surface area contributed by atoms with E-state index in [2.05, 4.69) is 4.72 Å². The Hall–Kier alpha value is -1.11. The number of rotatable bonds is 5. The first-order valence-corrected chi connectivity index (χ1v) is 7.62. The topological polar surface area (TPSA) is 83.5 Å². The van der Waals surface area contributed by atoms with Gasteiger partial charge in [-0.1, -0.05) is 17.7 Å². The van der Waals surface area contributed by atoms with Crippen LogP contribution < -0.4 is 4.72 Å². The Morgan fingerprint density at radius 2 is 2.11 bits per heavy atom. The standard InChI is InChI=1S/C12H14ClNO4S/c1-8-2-3-10(9(13)6-8)19(17,18)14-7-12(4-5-12)11(15)16/h2-3,6,14H,4-5,7H2,1H3,(H,15,16). The molecule has 0 heterocycles. The van der Waals surface area contributed by atoms with E-state index in [1.165, 1.54) is 6.07 Å². The molecule has 7 heteroatoms. The van der Waals surface area contributed by atoms with Crippen LogP contribution in [0.25, 0.3) is 0 Å². The Morgan fingerprint density at radius 3 is 2.58 bits per heavy atom. The maximum atomic E-state index is 12.1. The highest BCUT2D eigenvalue weighted by Gasteiger charge is 2.50. The van der Waals surface area contributed by atoms with Crippen LogP contribution in [0.1, 0.15) is 18.4 Å². The molecule has 0 atom stereocenters. The van der Waals surface area contributed by atoms with E-state index in [1.807, 2.05) is 0 Å². The molecule has 0 spiro atoms. The average molecular weight is 304 g/mol. The number of benzene rings is 1. The number of nitrogens with one attached hydrogen (secondary N) is 1. The van der Waals surface area contributed by atoms with E-state index in [-0.39, 0.29) is 16.5 Å². The SMILES string of the molecule is Cc1ccc(S(=O)(=O)NCC2(C(=O)O)CC2)c(Cl)c1. The number of carbonyl (C=O) groups is 1. The maximum Gasteiger partial charge on any atom is 0.310 e. The average Bonchev–Trinajstić information content (AvgIpc) is 3.07. The highest BCUT2D eigenvalue weighted by Crippen LogP contribution is 2.45. The summed E-state index contributed by atoms with van der Waals surface area (Å²) in [5.74, 6) is -0.967. The van der Waals surface area contributed by atoms with Crippen molar-refractivity contribution in [2.45, 2.75) is 24.7 Å². The van der Waals surface area contributed by atoms with Gasteiger partial charge in [-0.3, -0.25) is 4.79 Å². The van der Waals surface area contributed by atoms with Gasteiger partial charge in [0.05, 0.1) is 10.4 Å². The van der Waals surface area contributed by atoms with Gasteiger partial charge in [0.15, 0.2) is 0 Å². The lowest BCUT2D eigenvalue weighted by Gasteiger charge is -2.12. The zero-order valence-electron chi connectivity index (χ0n) is 10.3. The lowest BCUT2D eigenvalue weighted by Crippen LogP contribution is -2.34. The van der Waals surface area contributed by atoms with Crippen LogP contribution in [-0.2, 0) is 14.8 Å². The summed E-state index contributed by atoms with van der Waals surface area (Å²) < 4.78 is 26.5. The summed E-state index contributed by atoms with van der Waals surface area (Å²) in [7, 11) is -3.78. The van der Waals surface area contributed by atoms with E-state index < -0.39 is 21.4 Å². The molecule has 1 aliphatic carbocycles. The van der Waals surface area contributed by atoms with Gasteiger partial charge in [-0.25, -0.2) is 13.1 Å². The van der Waals surface area contributed by atoms with Crippen LogP contribution in [0.5, 0.6) is 0 Å². The smallest absolute Gasteiger partial charge is 0.310 e. The molecule has 2 N–H and O–H groups in total. The third-order valence-corrected chi connectivity index (χ3v) is 5.17. The molecule has 1 fully saturated rings. The van der Waals surface area contributed by atoms with Crippen molar-refractivity contribution in [2.75, 3.05) is 6.54 Å². The van der Waals surface area contributed by atoms with Gasteiger partial charge in [0.25, 0.3) is 0 Å². The summed E-state index contributed by atoms with van der Waals surface area (Å²) in [5.41, 5.74) is -0.0855. The molecule has 19 heavy (non-hydrogen) atoms. The second-order valence-electron chi connectivity index (χ2n) is 4.84. The third-order valence-electron chi connectivity index (χ3n) is 3.28. The Kier molecular flexibility index (Phi) is 3.59. The summed E-state index contributed by atoms with van der Waals surface area (Å²) >= 11 is 5.91. The molecule has 0 aromatic heterocycles. The first kappa shape index (κ1) is 14.3. The summed E-state index contributed by atoms with van der Waals surface area (Å²) in [6.07, 6.45) is 0.985. The zero-order chi connectivity index (χ0) is 14.3. The van der Waals surface area contributed by atoms with Crippen molar-refractivity contribution in [3.05, 3.63) is 28.8 Å². The second kappa shape index (κ2) is 4.77. The number of hydrogen-bond acceptors (Lipinski definition) is 3. The van der Waals surface area contributed by atoms with Crippen LogP contribution in [0.3, 0.4) is 0 Å². The fraction of sp³-hybridized carbons (Fsp3) is 0.417. The fourth-order valence-corrected chi connectivity index (χ4v) is 3.48. The Morgan fingerprint density at radius 1 is 1.47 bits per heavy atom. The molecule has 0 unspecified atom stereocenters. The molecule has 1 aromatic rings. The summed E-state index contributed by atoms with van der Waals surface area (Å²) in [6, 6.07) is 4.62. The quantitative estimate of drug-likeness (QED) is 0.868. The summed E-state index contributed by atoms with van der Waals surface area (Å²) in [5, 5.41) is 9.13. The van der Waals surface area contributed by atoms with Crippen LogP contribution in [0.4, 0.5) is 0 Å². The summed E-state index contributed by atoms with van der Waals surface area (Å²) in [4.78, 5) is 11.0. The van der Waals surface area contributed by atoms with Gasteiger partial charge >= 0.3 is 5.97 Å². The van der Waals surface area contributed by atoms with E-state index in [1.54, 1.807) is 19.1 Å². The molecule has 1 saturated carbocycles. The minimum atomic E-state index is -3.78. The van der Waals surface area contributed by atoms with E-state index in [0.717, 1.165) is 5.56 Å². The summed E-state index contributed by atoms with van der Waals surface area (Å²) in [6.45, 7) is 1.70. The van der Waals surface area contributed by atoms with Gasteiger partial charge in [-0.05, 0) is 37.5 Å². The predicted molar refractivity (Wildman–Crippen MR) is 70.7 cm³/mol. The Balaban J connectivity index is 2.17. The highest BCUT2D eigenvalue weighted by atomic mass is 35.5. The number of aryl methyl sites for hydroxylation is 1. The molecule has 104 valence electrons. The van der Waals surface area contributed by atoms with Gasteiger partial charge in [0, 0.05) is 6.54 Å². The molecule has 0 aliphatic heterocycles. The van der Waals surface area contributed by atoms with Crippen molar-refractivity contribution in [1.29, 1.82) is 0 Å². The molecule has 1 aromatic carbocycles. The van der Waals surface area contributed by atoms with Gasteiger partial charge in [-0.2, -0.15) is 0 Å².